The third kappa shape index (κ3) is 3.04. The van der Waals surface area contributed by atoms with Gasteiger partial charge in [-0.3, -0.25) is 4.79 Å². The summed E-state index contributed by atoms with van der Waals surface area (Å²) in [7, 11) is 0. The first-order chi connectivity index (χ1) is 13.9. The topological polar surface area (TPSA) is 119 Å². The molecule has 0 unspecified atom stereocenters. The second-order valence-electron chi connectivity index (χ2n) is 6.39. The SMILES string of the molecule is C=[NH+]C(=O)c1ccc(-c2c3ccc(=O)cc-3oc3cc(O)ccc23)c(C(=O)O)c1. The van der Waals surface area contributed by atoms with Crippen LogP contribution in [0.4, 0.5) is 0 Å². The Hall–Kier alpha value is -4.26. The molecule has 1 amide bonds. The molecular formula is C22H14NO6+. The van der Waals surface area contributed by atoms with Gasteiger partial charge in [-0.15, -0.1) is 0 Å². The van der Waals surface area contributed by atoms with E-state index in [2.05, 4.69) is 11.7 Å². The average molecular weight is 388 g/mol. The van der Waals surface area contributed by atoms with Gasteiger partial charge in [-0.25, -0.2) is 9.59 Å². The van der Waals surface area contributed by atoms with Crippen molar-refractivity contribution in [3.63, 3.8) is 0 Å². The van der Waals surface area contributed by atoms with Crippen molar-refractivity contribution < 1.29 is 29.2 Å². The second kappa shape index (κ2) is 6.72. The Kier molecular flexibility index (Phi) is 4.20. The predicted octanol–water partition coefficient (Wildman–Crippen LogP) is 1.89. The van der Waals surface area contributed by atoms with E-state index < -0.39 is 11.9 Å². The highest BCUT2D eigenvalue weighted by atomic mass is 16.4. The van der Waals surface area contributed by atoms with Crippen molar-refractivity contribution in [3.8, 4) is 28.2 Å². The van der Waals surface area contributed by atoms with E-state index in [-0.39, 0.29) is 33.6 Å². The third-order valence-corrected chi connectivity index (χ3v) is 4.62. The molecular weight excluding hydrogens is 374 g/mol. The largest absolute Gasteiger partial charge is 0.508 e. The normalized spacial score (nSPS) is 10.9. The lowest BCUT2D eigenvalue weighted by Crippen LogP contribution is -2.71. The molecule has 142 valence electrons. The Morgan fingerprint density at radius 2 is 1.72 bits per heavy atom. The molecule has 0 spiro atoms. The summed E-state index contributed by atoms with van der Waals surface area (Å²) in [5, 5.41) is 20.1. The number of carboxylic acid groups (broad SMARTS) is 1. The van der Waals surface area contributed by atoms with Crippen LogP contribution < -0.4 is 10.4 Å². The zero-order chi connectivity index (χ0) is 20.7. The fraction of sp³-hybridized carbons (Fsp3) is 0. The standard InChI is InChI=1S/C22H13NO6/c1-23-21(26)11-2-5-14(17(8-11)22(27)28)20-15-6-3-12(24)9-18(15)29-19-10-13(25)4-7-16(19)20/h2-10,24H,1H2,(H,27,28)/p+1. The number of aromatic carboxylic acids is 1. The molecule has 7 nitrogen and oxygen atoms in total. The van der Waals surface area contributed by atoms with Crippen LogP contribution in [0.15, 0.2) is 63.8 Å². The minimum absolute atomic E-state index is 0.0363. The zero-order valence-electron chi connectivity index (χ0n) is 14.9. The fourth-order valence-corrected chi connectivity index (χ4v) is 3.33. The number of phenolic OH excluding ortho intramolecular Hbond substituents is 1. The maximum Gasteiger partial charge on any atom is 0.417 e. The minimum Gasteiger partial charge on any atom is -0.508 e. The van der Waals surface area contributed by atoms with Gasteiger partial charge in [-0.1, -0.05) is 6.07 Å². The van der Waals surface area contributed by atoms with Crippen molar-refractivity contribution in [2.45, 2.75) is 0 Å². The summed E-state index contributed by atoms with van der Waals surface area (Å²) < 4.78 is 5.77. The van der Waals surface area contributed by atoms with Crippen molar-refractivity contribution in [1.82, 2.24) is 0 Å². The second-order valence-corrected chi connectivity index (χ2v) is 6.39. The number of carboxylic acids is 1. The highest BCUT2D eigenvalue weighted by Crippen LogP contribution is 2.42. The molecule has 1 heterocycles. The number of nitrogens with one attached hydrogen (secondary N) is 1. The van der Waals surface area contributed by atoms with Crippen LogP contribution in [0.3, 0.4) is 0 Å². The molecule has 1 aliphatic heterocycles. The lowest BCUT2D eigenvalue weighted by atomic mass is 9.90. The summed E-state index contributed by atoms with van der Waals surface area (Å²) in [6, 6.07) is 13.0. The summed E-state index contributed by atoms with van der Waals surface area (Å²) in [5.41, 5.74) is 1.45. The summed E-state index contributed by atoms with van der Waals surface area (Å²) in [6.07, 6.45) is 0. The number of rotatable bonds is 3. The first-order valence-electron chi connectivity index (χ1n) is 8.54. The van der Waals surface area contributed by atoms with Crippen molar-refractivity contribution >= 4 is 29.6 Å². The van der Waals surface area contributed by atoms with Crippen LogP contribution >= 0.6 is 0 Å². The monoisotopic (exact) mass is 388 g/mol. The number of carbonyl (C=O) groups is 2. The molecule has 3 N–H and O–H groups in total. The van der Waals surface area contributed by atoms with Gasteiger partial charge >= 0.3 is 11.9 Å². The van der Waals surface area contributed by atoms with Gasteiger partial charge < -0.3 is 14.6 Å². The highest BCUT2D eigenvalue weighted by molar-refractivity contribution is 6.08. The number of benzene rings is 3. The zero-order valence-corrected chi connectivity index (χ0v) is 14.9. The molecule has 2 aromatic carbocycles. The lowest BCUT2D eigenvalue weighted by Gasteiger charge is -2.16. The van der Waals surface area contributed by atoms with Crippen molar-refractivity contribution in [3.05, 3.63) is 75.9 Å². The Labute approximate surface area is 163 Å². The molecule has 1 aliphatic carbocycles. The van der Waals surface area contributed by atoms with Crippen LogP contribution in [0.1, 0.15) is 20.7 Å². The molecule has 2 aliphatic rings. The number of hydrogen-bond donors (Lipinski definition) is 3. The Morgan fingerprint density at radius 1 is 0.966 bits per heavy atom. The van der Waals surface area contributed by atoms with E-state index in [4.69, 9.17) is 4.42 Å². The van der Waals surface area contributed by atoms with E-state index >= 15 is 0 Å². The van der Waals surface area contributed by atoms with Gasteiger partial charge in [0.25, 0.3) is 0 Å². The van der Waals surface area contributed by atoms with Crippen LogP contribution in [0.25, 0.3) is 33.4 Å². The van der Waals surface area contributed by atoms with Crippen LogP contribution in [-0.4, -0.2) is 28.8 Å². The van der Waals surface area contributed by atoms with Gasteiger partial charge in [0.1, 0.15) is 23.8 Å². The molecule has 4 rings (SSSR count). The first-order valence-corrected chi connectivity index (χ1v) is 8.54. The molecule has 7 heteroatoms. The van der Waals surface area contributed by atoms with Gasteiger partial charge in [0.2, 0.25) is 0 Å². The molecule has 2 aromatic rings. The molecule has 0 saturated heterocycles. The van der Waals surface area contributed by atoms with Gasteiger partial charge in [-0.2, -0.15) is 4.99 Å². The number of amides is 1. The summed E-state index contributed by atoms with van der Waals surface area (Å²) in [4.78, 5) is 37.9. The quantitative estimate of drug-likeness (QED) is 0.364. The van der Waals surface area contributed by atoms with E-state index in [0.29, 0.717) is 22.1 Å². The highest BCUT2D eigenvalue weighted by Gasteiger charge is 2.23. The number of carbonyl (C=O) groups excluding carboxylic acids is 1. The van der Waals surface area contributed by atoms with Crippen molar-refractivity contribution in [2.75, 3.05) is 0 Å². The molecule has 0 atom stereocenters. The van der Waals surface area contributed by atoms with E-state index in [1.165, 1.54) is 42.5 Å². The average Bonchev–Trinajstić information content (AvgIpc) is 2.70. The molecule has 0 fully saturated rings. The van der Waals surface area contributed by atoms with E-state index in [1.54, 1.807) is 12.1 Å². The van der Waals surface area contributed by atoms with Crippen molar-refractivity contribution in [1.29, 1.82) is 0 Å². The van der Waals surface area contributed by atoms with Gasteiger partial charge in [0, 0.05) is 28.6 Å². The Morgan fingerprint density at radius 3 is 2.45 bits per heavy atom. The van der Waals surface area contributed by atoms with Gasteiger partial charge in [0.05, 0.1) is 11.1 Å². The summed E-state index contributed by atoms with van der Waals surface area (Å²) in [5.74, 6) is -1.52. The van der Waals surface area contributed by atoms with E-state index in [1.807, 2.05) is 0 Å². The smallest absolute Gasteiger partial charge is 0.417 e. The van der Waals surface area contributed by atoms with Crippen LogP contribution in [0.5, 0.6) is 5.75 Å². The Bertz CT molecular complexity index is 1350. The lowest BCUT2D eigenvalue weighted by molar-refractivity contribution is -0.334. The van der Waals surface area contributed by atoms with Crippen LogP contribution in [-0.2, 0) is 0 Å². The fourth-order valence-electron chi connectivity index (χ4n) is 3.33. The summed E-state index contributed by atoms with van der Waals surface area (Å²) in [6.45, 7) is 3.30. The molecule has 0 saturated carbocycles. The Balaban J connectivity index is 2.15. The molecule has 0 radical (unpaired) electrons. The first kappa shape index (κ1) is 18.1. The summed E-state index contributed by atoms with van der Waals surface area (Å²) >= 11 is 0. The predicted molar refractivity (Wildman–Crippen MR) is 106 cm³/mol. The maximum absolute atomic E-state index is 12.0. The number of phenols is 1. The number of fused-ring (bicyclic) bond motifs is 2. The minimum atomic E-state index is -1.22. The molecule has 0 aromatic heterocycles. The van der Waals surface area contributed by atoms with E-state index in [0.717, 1.165) is 0 Å². The third-order valence-electron chi connectivity index (χ3n) is 4.62. The van der Waals surface area contributed by atoms with E-state index in [9.17, 15) is 24.6 Å². The molecule has 0 bridgehead atoms. The van der Waals surface area contributed by atoms with Gasteiger partial charge in [-0.05, 0) is 42.0 Å². The molecule has 29 heavy (non-hydrogen) atoms. The van der Waals surface area contributed by atoms with Gasteiger partial charge in [0.15, 0.2) is 5.43 Å². The number of aromatic hydroxyl groups is 1. The maximum atomic E-state index is 12.0. The number of hydrogen-bond acceptors (Lipinski definition) is 5. The van der Waals surface area contributed by atoms with Crippen LogP contribution in [0.2, 0.25) is 0 Å². The van der Waals surface area contributed by atoms with Crippen LogP contribution in [0, 0.1) is 0 Å². The van der Waals surface area contributed by atoms with Crippen molar-refractivity contribution in [2.24, 2.45) is 0 Å².